The molecule has 5 nitrogen and oxygen atoms in total. The highest BCUT2D eigenvalue weighted by atomic mass is 16.3. The number of phenols is 2. The summed E-state index contributed by atoms with van der Waals surface area (Å²) in [5.74, 6) is -0.623. The number of hydrogen-bond donors (Lipinski definition) is 4. The first-order chi connectivity index (χ1) is 8.15. The number of unbranched alkanes of at least 4 members (excludes halogenated alkanes) is 2. The van der Waals surface area contributed by atoms with Gasteiger partial charge in [0.1, 0.15) is 11.5 Å². The molecule has 0 bridgehead atoms. The van der Waals surface area contributed by atoms with E-state index in [1.165, 1.54) is 12.1 Å². The number of nitrogens with one attached hydrogen (secondary N) is 1. The molecule has 0 aromatic heterocycles. The number of aromatic hydroxyl groups is 2. The van der Waals surface area contributed by atoms with Crippen LogP contribution in [0.3, 0.4) is 0 Å². The van der Waals surface area contributed by atoms with Crippen LogP contribution < -0.4 is 11.1 Å². The van der Waals surface area contributed by atoms with Crippen LogP contribution in [-0.4, -0.2) is 29.2 Å². The van der Waals surface area contributed by atoms with E-state index in [9.17, 15) is 9.90 Å². The molecule has 0 aliphatic heterocycles. The van der Waals surface area contributed by atoms with Gasteiger partial charge in [-0.15, -0.1) is 0 Å². The molecule has 94 valence electrons. The SMILES string of the molecule is NCCCCCNC(=O)c1ccc(O)cc1O. The van der Waals surface area contributed by atoms with E-state index in [0.717, 1.165) is 25.3 Å². The van der Waals surface area contributed by atoms with Gasteiger partial charge in [0.15, 0.2) is 0 Å². The van der Waals surface area contributed by atoms with Gasteiger partial charge in [-0.05, 0) is 31.5 Å². The quantitative estimate of drug-likeness (QED) is 0.555. The average molecular weight is 238 g/mol. The number of carbonyl (C=O) groups is 1. The van der Waals surface area contributed by atoms with Crippen LogP contribution >= 0.6 is 0 Å². The molecule has 1 amide bonds. The fourth-order valence-corrected chi connectivity index (χ4v) is 1.46. The number of amides is 1. The maximum Gasteiger partial charge on any atom is 0.255 e. The number of nitrogens with two attached hydrogens (primary N) is 1. The second-order valence-corrected chi connectivity index (χ2v) is 3.81. The highest BCUT2D eigenvalue weighted by molar-refractivity contribution is 5.96. The minimum atomic E-state index is -0.338. The smallest absolute Gasteiger partial charge is 0.255 e. The Bertz CT molecular complexity index is 380. The second-order valence-electron chi connectivity index (χ2n) is 3.81. The third-order valence-electron chi connectivity index (χ3n) is 2.39. The van der Waals surface area contributed by atoms with E-state index in [4.69, 9.17) is 10.8 Å². The van der Waals surface area contributed by atoms with Crippen LogP contribution in [0.1, 0.15) is 29.6 Å². The van der Waals surface area contributed by atoms with Gasteiger partial charge >= 0.3 is 0 Å². The van der Waals surface area contributed by atoms with Crippen molar-refractivity contribution in [2.24, 2.45) is 5.73 Å². The van der Waals surface area contributed by atoms with Crippen LogP contribution in [0.25, 0.3) is 0 Å². The van der Waals surface area contributed by atoms with Gasteiger partial charge in [-0.2, -0.15) is 0 Å². The van der Waals surface area contributed by atoms with Crippen LogP contribution in [0, 0.1) is 0 Å². The Kier molecular flexibility index (Phi) is 5.29. The Labute approximate surface area is 100 Å². The second kappa shape index (κ2) is 6.75. The van der Waals surface area contributed by atoms with Crippen molar-refractivity contribution in [1.29, 1.82) is 0 Å². The first-order valence-electron chi connectivity index (χ1n) is 5.65. The van der Waals surface area contributed by atoms with Gasteiger partial charge in [0, 0.05) is 12.6 Å². The molecule has 1 aromatic rings. The summed E-state index contributed by atoms with van der Waals surface area (Å²) >= 11 is 0. The molecule has 1 rings (SSSR count). The molecule has 1 aromatic carbocycles. The fraction of sp³-hybridized carbons (Fsp3) is 0.417. The monoisotopic (exact) mass is 238 g/mol. The number of hydrogen-bond acceptors (Lipinski definition) is 4. The van der Waals surface area contributed by atoms with Crippen molar-refractivity contribution in [2.75, 3.05) is 13.1 Å². The van der Waals surface area contributed by atoms with Crippen molar-refractivity contribution < 1.29 is 15.0 Å². The van der Waals surface area contributed by atoms with Crippen LogP contribution in [0.15, 0.2) is 18.2 Å². The molecular formula is C12H18N2O3. The summed E-state index contributed by atoms with van der Waals surface area (Å²) in [6, 6.07) is 3.90. The van der Waals surface area contributed by atoms with Gasteiger partial charge in [0.05, 0.1) is 5.56 Å². The average Bonchev–Trinajstić information content (AvgIpc) is 2.28. The summed E-state index contributed by atoms with van der Waals surface area (Å²) in [6.07, 6.45) is 2.78. The number of carbonyl (C=O) groups excluding carboxylic acids is 1. The zero-order valence-corrected chi connectivity index (χ0v) is 9.65. The molecule has 0 aliphatic carbocycles. The van der Waals surface area contributed by atoms with Gasteiger partial charge < -0.3 is 21.3 Å². The topological polar surface area (TPSA) is 95.6 Å². The third-order valence-corrected chi connectivity index (χ3v) is 2.39. The molecule has 17 heavy (non-hydrogen) atoms. The summed E-state index contributed by atoms with van der Waals surface area (Å²) in [5, 5.41) is 21.3. The van der Waals surface area contributed by atoms with Gasteiger partial charge in [0.2, 0.25) is 0 Å². The van der Waals surface area contributed by atoms with Crippen molar-refractivity contribution in [3.8, 4) is 11.5 Å². The number of benzene rings is 1. The lowest BCUT2D eigenvalue weighted by Crippen LogP contribution is -2.24. The normalized spacial score (nSPS) is 10.2. The van der Waals surface area contributed by atoms with Gasteiger partial charge in [-0.25, -0.2) is 0 Å². The van der Waals surface area contributed by atoms with Crippen molar-refractivity contribution in [1.82, 2.24) is 5.32 Å². The van der Waals surface area contributed by atoms with Crippen molar-refractivity contribution in [2.45, 2.75) is 19.3 Å². The summed E-state index contributed by atoms with van der Waals surface area (Å²) in [4.78, 5) is 11.6. The first kappa shape index (κ1) is 13.3. The highest BCUT2D eigenvalue weighted by Gasteiger charge is 2.10. The lowest BCUT2D eigenvalue weighted by Gasteiger charge is -2.06. The summed E-state index contributed by atoms with van der Waals surface area (Å²) in [7, 11) is 0. The third kappa shape index (κ3) is 4.32. The van der Waals surface area contributed by atoms with E-state index in [1.54, 1.807) is 0 Å². The van der Waals surface area contributed by atoms with Gasteiger partial charge in [0.25, 0.3) is 5.91 Å². The lowest BCUT2D eigenvalue weighted by molar-refractivity contribution is 0.0950. The van der Waals surface area contributed by atoms with Gasteiger partial charge in [-0.1, -0.05) is 6.42 Å². The molecule has 5 heteroatoms. The van der Waals surface area contributed by atoms with E-state index >= 15 is 0 Å². The number of rotatable bonds is 6. The maximum atomic E-state index is 11.6. The summed E-state index contributed by atoms with van der Waals surface area (Å²) in [5.41, 5.74) is 5.52. The van der Waals surface area contributed by atoms with Crippen molar-refractivity contribution in [3.63, 3.8) is 0 Å². The maximum absolute atomic E-state index is 11.6. The molecule has 0 aliphatic rings. The molecule has 5 N–H and O–H groups in total. The highest BCUT2D eigenvalue weighted by Crippen LogP contribution is 2.22. The summed E-state index contributed by atoms with van der Waals surface area (Å²) < 4.78 is 0. The van der Waals surface area contributed by atoms with E-state index < -0.39 is 0 Å². The predicted octanol–water partition coefficient (Wildman–Crippen LogP) is 0.957. The van der Waals surface area contributed by atoms with E-state index in [2.05, 4.69) is 5.32 Å². The lowest BCUT2D eigenvalue weighted by atomic mass is 10.1. The Hall–Kier alpha value is -1.75. The largest absolute Gasteiger partial charge is 0.508 e. The Balaban J connectivity index is 2.42. The molecule has 0 spiro atoms. The fourth-order valence-electron chi connectivity index (χ4n) is 1.46. The number of phenolic OH excluding ortho intramolecular Hbond substituents is 2. The van der Waals surface area contributed by atoms with E-state index in [0.29, 0.717) is 13.1 Å². The molecule has 0 atom stereocenters. The molecule has 0 saturated carbocycles. The molecule has 0 unspecified atom stereocenters. The summed E-state index contributed by atoms with van der Waals surface area (Å²) in [6.45, 7) is 1.21. The van der Waals surface area contributed by atoms with E-state index in [1.807, 2.05) is 0 Å². The first-order valence-corrected chi connectivity index (χ1v) is 5.65. The molecule has 0 saturated heterocycles. The van der Waals surface area contributed by atoms with Crippen molar-refractivity contribution >= 4 is 5.91 Å². The van der Waals surface area contributed by atoms with Crippen LogP contribution in [0.2, 0.25) is 0 Å². The van der Waals surface area contributed by atoms with Crippen LogP contribution in [0.4, 0.5) is 0 Å². The molecule has 0 fully saturated rings. The molecule has 0 heterocycles. The minimum Gasteiger partial charge on any atom is -0.508 e. The Morgan fingerprint density at radius 1 is 1.24 bits per heavy atom. The van der Waals surface area contributed by atoms with Crippen LogP contribution in [-0.2, 0) is 0 Å². The predicted molar refractivity (Wildman–Crippen MR) is 65.0 cm³/mol. The van der Waals surface area contributed by atoms with E-state index in [-0.39, 0.29) is 23.0 Å². The Morgan fingerprint density at radius 2 is 2.00 bits per heavy atom. The Morgan fingerprint density at radius 3 is 2.65 bits per heavy atom. The zero-order chi connectivity index (χ0) is 12.7. The van der Waals surface area contributed by atoms with Crippen molar-refractivity contribution in [3.05, 3.63) is 23.8 Å². The van der Waals surface area contributed by atoms with Gasteiger partial charge in [-0.3, -0.25) is 4.79 Å². The standard InChI is InChI=1S/C12H18N2O3/c13-6-2-1-3-7-14-12(17)10-5-4-9(15)8-11(10)16/h4-5,8,15-16H,1-3,6-7,13H2,(H,14,17). The minimum absolute atomic E-state index is 0.0676. The van der Waals surface area contributed by atoms with Crippen LogP contribution in [0.5, 0.6) is 11.5 Å². The molecular weight excluding hydrogens is 220 g/mol. The zero-order valence-electron chi connectivity index (χ0n) is 9.65. The molecule has 0 radical (unpaired) electrons.